The average Bonchev–Trinajstić information content (AvgIpc) is 3.06. The minimum atomic E-state index is -0.212. The van der Waals surface area contributed by atoms with Crippen LogP contribution in [0.3, 0.4) is 0 Å². The van der Waals surface area contributed by atoms with Gasteiger partial charge in [0.05, 0.1) is 19.3 Å². The van der Waals surface area contributed by atoms with Crippen molar-refractivity contribution in [3.63, 3.8) is 0 Å². The second-order valence-corrected chi connectivity index (χ2v) is 5.93. The molecular formula is C19H19NO3. The molecule has 23 heavy (non-hydrogen) atoms. The van der Waals surface area contributed by atoms with Crippen molar-refractivity contribution in [1.29, 1.82) is 0 Å². The molecule has 0 unspecified atom stereocenters. The molecule has 2 aliphatic rings. The summed E-state index contributed by atoms with van der Waals surface area (Å²) in [7, 11) is 0. The van der Waals surface area contributed by atoms with Gasteiger partial charge in [0, 0.05) is 12.1 Å². The summed E-state index contributed by atoms with van der Waals surface area (Å²) in [6.07, 6.45) is 0. The normalized spacial score (nSPS) is 23.2. The van der Waals surface area contributed by atoms with Crippen molar-refractivity contribution >= 4 is 5.91 Å². The molecule has 1 saturated heterocycles. The van der Waals surface area contributed by atoms with Crippen LogP contribution in [0.4, 0.5) is 0 Å². The monoisotopic (exact) mass is 309 g/mol. The number of carbonyl (C=O) groups excluding carboxylic acids is 1. The van der Waals surface area contributed by atoms with Crippen molar-refractivity contribution in [3.05, 3.63) is 65.7 Å². The van der Waals surface area contributed by atoms with Gasteiger partial charge >= 0.3 is 0 Å². The first-order chi connectivity index (χ1) is 11.3. The van der Waals surface area contributed by atoms with E-state index in [1.807, 2.05) is 47.4 Å². The van der Waals surface area contributed by atoms with Crippen molar-refractivity contribution < 1.29 is 14.3 Å². The summed E-state index contributed by atoms with van der Waals surface area (Å²) in [5.74, 6) is 0.748. The molecule has 2 aromatic rings. The van der Waals surface area contributed by atoms with E-state index in [4.69, 9.17) is 9.47 Å². The van der Waals surface area contributed by atoms with Gasteiger partial charge in [0.2, 0.25) is 5.91 Å². The van der Waals surface area contributed by atoms with Crippen LogP contribution in [0.5, 0.6) is 5.75 Å². The number of amides is 1. The van der Waals surface area contributed by atoms with Crippen molar-refractivity contribution in [1.82, 2.24) is 4.90 Å². The quantitative estimate of drug-likeness (QED) is 0.856. The second kappa shape index (κ2) is 6.05. The number of hydrogen-bond acceptors (Lipinski definition) is 3. The largest absolute Gasteiger partial charge is 0.492 e. The molecule has 2 atom stereocenters. The van der Waals surface area contributed by atoms with E-state index in [2.05, 4.69) is 12.1 Å². The molecule has 0 saturated carbocycles. The highest BCUT2D eigenvalue weighted by molar-refractivity contribution is 5.86. The first kappa shape index (κ1) is 14.3. The van der Waals surface area contributed by atoms with Gasteiger partial charge in [-0.2, -0.15) is 0 Å². The lowest BCUT2D eigenvalue weighted by atomic mass is 9.97. The van der Waals surface area contributed by atoms with Gasteiger partial charge in [-0.05, 0) is 11.6 Å². The summed E-state index contributed by atoms with van der Waals surface area (Å²) < 4.78 is 11.3. The smallest absolute Gasteiger partial charge is 0.234 e. The van der Waals surface area contributed by atoms with Gasteiger partial charge in [0.15, 0.2) is 0 Å². The zero-order valence-corrected chi connectivity index (χ0v) is 12.9. The first-order valence-electron chi connectivity index (χ1n) is 7.99. The number of ether oxygens (including phenoxy) is 2. The molecular weight excluding hydrogens is 290 g/mol. The Kier molecular flexibility index (Phi) is 3.75. The third-order valence-electron chi connectivity index (χ3n) is 4.59. The van der Waals surface area contributed by atoms with Crippen LogP contribution < -0.4 is 4.74 Å². The molecule has 0 radical (unpaired) electrons. The fraction of sp³-hybridized carbons (Fsp3) is 0.316. The fourth-order valence-electron chi connectivity index (χ4n) is 3.39. The summed E-state index contributed by atoms with van der Waals surface area (Å²) in [6.45, 7) is 2.18. The van der Waals surface area contributed by atoms with Gasteiger partial charge in [-0.1, -0.05) is 48.5 Å². The van der Waals surface area contributed by atoms with Gasteiger partial charge < -0.3 is 14.4 Å². The number of benzene rings is 2. The van der Waals surface area contributed by atoms with Crippen molar-refractivity contribution in [2.24, 2.45) is 0 Å². The van der Waals surface area contributed by atoms with E-state index in [9.17, 15) is 4.79 Å². The lowest BCUT2D eigenvalue weighted by molar-refractivity contribution is -0.142. The van der Waals surface area contributed by atoms with Crippen molar-refractivity contribution in [2.75, 3.05) is 26.4 Å². The van der Waals surface area contributed by atoms with E-state index < -0.39 is 0 Å². The molecule has 0 bridgehead atoms. The summed E-state index contributed by atoms with van der Waals surface area (Å²) >= 11 is 0. The molecule has 4 nitrogen and oxygen atoms in total. The van der Waals surface area contributed by atoms with Crippen LogP contribution in [0.25, 0.3) is 0 Å². The van der Waals surface area contributed by atoms with Crippen LogP contribution in [0.2, 0.25) is 0 Å². The SMILES string of the molecule is O=C([C@@H]1COc2ccccc21)N1CCOC[C@@H]1c1ccccc1. The van der Waals surface area contributed by atoms with E-state index >= 15 is 0 Å². The standard InChI is InChI=1S/C19H19NO3/c21-19(16-12-23-18-9-5-4-8-15(16)18)20-10-11-22-13-17(20)14-6-2-1-3-7-14/h1-9,16-17H,10-13H2/t16-,17-/m1/s1. The summed E-state index contributed by atoms with van der Waals surface area (Å²) in [5.41, 5.74) is 2.11. The van der Waals surface area contributed by atoms with Gasteiger partial charge in [0.1, 0.15) is 18.3 Å². The Bertz CT molecular complexity index is 701. The highest BCUT2D eigenvalue weighted by Gasteiger charge is 2.37. The molecule has 0 spiro atoms. The third kappa shape index (κ3) is 2.59. The van der Waals surface area contributed by atoms with Crippen LogP contribution in [-0.2, 0) is 9.53 Å². The average molecular weight is 309 g/mol. The van der Waals surface area contributed by atoms with E-state index in [-0.39, 0.29) is 17.9 Å². The summed E-state index contributed by atoms with van der Waals surface area (Å²) in [4.78, 5) is 15.1. The third-order valence-corrected chi connectivity index (χ3v) is 4.59. The molecule has 4 heteroatoms. The number of hydrogen-bond donors (Lipinski definition) is 0. The van der Waals surface area contributed by atoms with Crippen LogP contribution in [-0.4, -0.2) is 37.2 Å². The van der Waals surface area contributed by atoms with E-state index in [0.717, 1.165) is 16.9 Å². The molecule has 118 valence electrons. The molecule has 4 rings (SSSR count). The lowest BCUT2D eigenvalue weighted by Gasteiger charge is -2.37. The maximum absolute atomic E-state index is 13.1. The van der Waals surface area contributed by atoms with Crippen LogP contribution in [0, 0.1) is 0 Å². The van der Waals surface area contributed by atoms with E-state index in [0.29, 0.717) is 26.4 Å². The Morgan fingerprint density at radius 3 is 2.65 bits per heavy atom. The molecule has 1 amide bonds. The Labute approximate surface area is 135 Å². The highest BCUT2D eigenvalue weighted by Crippen LogP contribution is 2.36. The zero-order valence-electron chi connectivity index (χ0n) is 12.9. The lowest BCUT2D eigenvalue weighted by Crippen LogP contribution is -2.45. The number of rotatable bonds is 2. The number of para-hydroxylation sites is 1. The maximum Gasteiger partial charge on any atom is 0.234 e. The fourth-order valence-corrected chi connectivity index (χ4v) is 3.39. The Morgan fingerprint density at radius 2 is 1.78 bits per heavy atom. The molecule has 1 fully saturated rings. The predicted molar refractivity (Wildman–Crippen MR) is 86.4 cm³/mol. The number of fused-ring (bicyclic) bond motifs is 1. The zero-order chi connectivity index (χ0) is 15.6. The maximum atomic E-state index is 13.1. The van der Waals surface area contributed by atoms with Gasteiger partial charge in [-0.3, -0.25) is 4.79 Å². The molecule has 2 aliphatic heterocycles. The minimum Gasteiger partial charge on any atom is -0.492 e. The molecule has 2 aromatic carbocycles. The van der Waals surface area contributed by atoms with Gasteiger partial charge in [-0.15, -0.1) is 0 Å². The van der Waals surface area contributed by atoms with Crippen molar-refractivity contribution in [2.45, 2.75) is 12.0 Å². The summed E-state index contributed by atoms with van der Waals surface area (Å²) in [6, 6.07) is 17.9. The van der Waals surface area contributed by atoms with Crippen LogP contribution in [0.1, 0.15) is 23.1 Å². The van der Waals surface area contributed by atoms with Gasteiger partial charge in [0.25, 0.3) is 0 Å². The number of carbonyl (C=O) groups is 1. The van der Waals surface area contributed by atoms with Crippen LogP contribution in [0.15, 0.2) is 54.6 Å². The molecule has 0 aromatic heterocycles. The molecule has 2 heterocycles. The number of nitrogens with zero attached hydrogens (tertiary/aromatic N) is 1. The first-order valence-corrected chi connectivity index (χ1v) is 7.99. The second-order valence-electron chi connectivity index (χ2n) is 5.93. The Hall–Kier alpha value is -2.33. The Morgan fingerprint density at radius 1 is 1.00 bits per heavy atom. The van der Waals surface area contributed by atoms with E-state index in [1.165, 1.54) is 0 Å². The topological polar surface area (TPSA) is 38.8 Å². The molecule has 0 N–H and O–H groups in total. The van der Waals surface area contributed by atoms with Crippen molar-refractivity contribution in [3.8, 4) is 5.75 Å². The highest BCUT2D eigenvalue weighted by atomic mass is 16.5. The summed E-state index contributed by atoms with van der Waals surface area (Å²) in [5, 5.41) is 0. The predicted octanol–water partition coefficient (Wildman–Crippen LogP) is 2.76. The molecule has 0 aliphatic carbocycles. The van der Waals surface area contributed by atoms with Gasteiger partial charge in [-0.25, -0.2) is 0 Å². The van der Waals surface area contributed by atoms with Crippen LogP contribution >= 0.6 is 0 Å². The number of morpholine rings is 1. The minimum absolute atomic E-state index is 0.0230. The Balaban J connectivity index is 1.62. The van der Waals surface area contributed by atoms with E-state index in [1.54, 1.807) is 0 Å².